The predicted octanol–water partition coefficient (Wildman–Crippen LogP) is 2.30. The summed E-state index contributed by atoms with van der Waals surface area (Å²) >= 11 is 0. The van der Waals surface area contributed by atoms with Gasteiger partial charge >= 0.3 is 0 Å². The van der Waals surface area contributed by atoms with Gasteiger partial charge in [-0.2, -0.15) is 4.31 Å². The number of para-hydroxylation sites is 1. The van der Waals surface area contributed by atoms with Crippen molar-refractivity contribution < 1.29 is 13.2 Å². The second kappa shape index (κ2) is 7.69. The molecule has 1 aromatic carbocycles. The molecule has 2 aromatic heterocycles. The summed E-state index contributed by atoms with van der Waals surface area (Å²) in [6.07, 6.45) is 4.43. The smallest absolute Gasteiger partial charge is 0.245 e. The largest absolute Gasteiger partial charge is 0.481 e. The number of anilines is 1. The fraction of sp³-hybridized carbons (Fsp3) is 0.316. The quantitative estimate of drug-likeness (QED) is 0.703. The van der Waals surface area contributed by atoms with Gasteiger partial charge in [-0.25, -0.2) is 18.4 Å². The van der Waals surface area contributed by atoms with Gasteiger partial charge in [-0.15, -0.1) is 0 Å². The van der Waals surface area contributed by atoms with Crippen LogP contribution in [0.2, 0.25) is 0 Å². The average Bonchev–Trinajstić information content (AvgIpc) is 2.74. The zero-order valence-corrected chi connectivity index (χ0v) is 16.3. The average molecular weight is 399 g/mol. The minimum atomic E-state index is -3.60. The van der Waals surface area contributed by atoms with E-state index in [1.807, 2.05) is 12.1 Å². The lowest BCUT2D eigenvalue weighted by molar-refractivity contribution is 0.329. The Morgan fingerprint density at radius 1 is 1.11 bits per heavy atom. The predicted molar refractivity (Wildman–Crippen MR) is 106 cm³/mol. The van der Waals surface area contributed by atoms with Crippen molar-refractivity contribution in [3.05, 3.63) is 48.9 Å². The highest BCUT2D eigenvalue weighted by molar-refractivity contribution is 7.89. The summed E-state index contributed by atoms with van der Waals surface area (Å²) in [5.41, 5.74) is 0.512. The van der Waals surface area contributed by atoms with Crippen LogP contribution in [0.3, 0.4) is 0 Å². The molecule has 1 aliphatic rings. The summed E-state index contributed by atoms with van der Waals surface area (Å²) in [6.45, 7) is 0.872. The van der Waals surface area contributed by atoms with E-state index in [0.29, 0.717) is 43.1 Å². The molecule has 8 nitrogen and oxygen atoms in total. The van der Waals surface area contributed by atoms with Crippen molar-refractivity contribution in [3.8, 4) is 5.88 Å². The van der Waals surface area contributed by atoms with Crippen LogP contribution < -0.4 is 10.1 Å². The number of rotatable bonds is 5. The summed E-state index contributed by atoms with van der Waals surface area (Å²) in [5.74, 6) is 1.16. The standard InChI is InChI=1S/C19H21N5O3S/c1-27-18-12-17(21-13-22-18)23-15-7-10-24(11-8-15)28(25,26)16-6-2-4-14-5-3-9-20-19(14)16/h2-6,9,12-13,15H,7-8,10-11H2,1H3,(H,21,22,23). The number of hydrogen-bond donors (Lipinski definition) is 1. The molecule has 1 aliphatic heterocycles. The van der Waals surface area contributed by atoms with E-state index in [-0.39, 0.29) is 10.9 Å². The summed E-state index contributed by atoms with van der Waals surface area (Å²) in [6, 6.07) is 10.8. The maximum atomic E-state index is 13.2. The summed E-state index contributed by atoms with van der Waals surface area (Å²) in [4.78, 5) is 12.7. The Balaban J connectivity index is 1.48. The first kappa shape index (κ1) is 18.6. The first-order valence-electron chi connectivity index (χ1n) is 9.04. The van der Waals surface area contributed by atoms with Crippen LogP contribution in [-0.2, 0) is 10.0 Å². The number of pyridine rings is 1. The zero-order chi connectivity index (χ0) is 19.6. The second-order valence-electron chi connectivity index (χ2n) is 6.60. The molecule has 3 aromatic rings. The van der Waals surface area contributed by atoms with Gasteiger partial charge in [0.25, 0.3) is 0 Å². The van der Waals surface area contributed by atoms with Gasteiger partial charge in [0.15, 0.2) is 0 Å². The van der Waals surface area contributed by atoms with Gasteiger partial charge in [-0.1, -0.05) is 18.2 Å². The van der Waals surface area contributed by atoms with E-state index < -0.39 is 10.0 Å². The lowest BCUT2D eigenvalue weighted by Gasteiger charge is -2.32. The Hall–Kier alpha value is -2.78. The van der Waals surface area contributed by atoms with Gasteiger partial charge in [0, 0.05) is 36.8 Å². The maximum absolute atomic E-state index is 13.2. The van der Waals surface area contributed by atoms with Gasteiger partial charge in [-0.05, 0) is 25.0 Å². The van der Waals surface area contributed by atoms with E-state index in [9.17, 15) is 8.42 Å². The third-order valence-corrected chi connectivity index (χ3v) is 6.80. The van der Waals surface area contributed by atoms with Crippen LogP contribution in [0, 0.1) is 0 Å². The SMILES string of the molecule is COc1cc(NC2CCN(S(=O)(=O)c3cccc4cccnc34)CC2)ncn1. The van der Waals surface area contributed by atoms with Crippen molar-refractivity contribution in [2.75, 3.05) is 25.5 Å². The molecule has 0 bridgehead atoms. The number of sulfonamides is 1. The molecule has 28 heavy (non-hydrogen) atoms. The first-order valence-corrected chi connectivity index (χ1v) is 10.5. The molecular formula is C19H21N5O3S. The van der Waals surface area contributed by atoms with Crippen molar-refractivity contribution in [1.82, 2.24) is 19.3 Å². The van der Waals surface area contributed by atoms with E-state index in [4.69, 9.17) is 4.74 Å². The number of piperidine rings is 1. The third-order valence-electron chi connectivity index (χ3n) is 4.87. The van der Waals surface area contributed by atoms with Crippen molar-refractivity contribution in [1.29, 1.82) is 0 Å². The minimum absolute atomic E-state index is 0.136. The van der Waals surface area contributed by atoms with Crippen molar-refractivity contribution in [3.63, 3.8) is 0 Å². The van der Waals surface area contributed by atoms with Crippen LogP contribution in [0.15, 0.2) is 53.8 Å². The van der Waals surface area contributed by atoms with Crippen LogP contribution >= 0.6 is 0 Å². The van der Waals surface area contributed by atoms with Crippen LogP contribution in [0.5, 0.6) is 5.88 Å². The zero-order valence-electron chi connectivity index (χ0n) is 15.4. The Labute approximate surface area is 163 Å². The number of benzene rings is 1. The number of nitrogens with zero attached hydrogens (tertiary/aromatic N) is 4. The lowest BCUT2D eigenvalue weighted by atomic mass is 10.1. The molecule has 0 radical (unpaired) electrons. The van der Waals surface area contributed by atoms with Crippen LogP contribution in [0.25, 0.3) is 10.9 Å². The number of hydrogen-bond acceptors (Lipinski definition) is 7. The number of ether oxygens (including phenoxy) is 1. The fourth-order valence-electron chi connectivity index (χ4n) is 3.40. The fourth-order valence-corrected chi connectivity index (χ4v) is 5.04. The van der Waals surface area contributed by atoms with Gasteiger partial charge < -0.3 is 10.1 Å². The Morgan fingerprint density at radius 3 is 2.68 bits per heavy atom. The molecule has 4 rings (SSSR count). The third kappa shape index (κ3) is 3.63. The monoisotopic (exact) mass is 399 g/mol. The molecular weight excluding hydrogens is 378 g/mol. The molecule has 0 amide bonds. The number of nitrogens with one attached hydrogen (secondary N) is 1. The first-order chi connectivity index (χ1) is 13.6. The molecule has 146 valence electrons. The van der Waals surface area contributed by atoms with Crippen LogP contribution in [0.1, 0.15) is 12.8 Å². The molecule has 3 heterocycles. The number of aromatic nitrogens is 3. The molecule has 1 fully saturated rings. The Morgan fingerprint density at radius 2 is 1.89 bits per heavy atom. The van der Waals surface area contributed by atoms with E-state index >= 15 is 0 Å². The van der Waals surface area contributed by atoms with Gasteiger partial charge in [0.1, 0.15) is 17.0 Å². The molecule has 0 unspecified atom stereocenters. The lowest BCUT2D eigenvalue weighted by Crippen LogP contribution is -2.42. The van der Waals surface area contributed by atoms with E-state index in [0.717, 1.165) is 5.39 Å². The molecule has 9 heteroatoms. The highest BCUT2D eigenvalue weighted by atomic mass is 32.2. The second-order valence-corrected chi connectivity index (χ2v) is 8.51. The van der Waals surface area contributed by atoms with E-state index in [1.165, 1.54) is 10.6 Å². The topological polar surface area (TPSA) is 97.3 Å². The summed E-state index contributed by atoms with van der Waals surface area (Å²) in [7, 11) is -2.04. The highest BCUT2D eigenvalue weighted by Gasteiger charge is 2.31. The van der Waals surface area contributed by atoms with Crippen molar-refractivity contribution in [2.24, 2.45) is 0 Å². The van der Waals surface area contributed by atoms with Gasteiger partial charge in [0.2, 0.25) is 15.9 Å². The molecule has 0 atom stereocenters. The summed E-state index contributed by atoms with van der Waals surface area (Å²) < 4.78 is 33.0. The van der Waals surface area contributed by atoms with E-state index in [2.05, 4.69) is 20.3 Å². The Bertz CT molecular complexity index is 1080. The van der Waals surface area contributed by atoms with Gasteiger partial charge in [0.05, 0.1) is 12.6 Å². The summed E-state index contributed by atoms with van der Waals surface area (Å²) in [5, 5.41) is 4.15. The van der Waals surface area contributed by atoms with Gasteiger partial charge in [-0.3, -0.25) is 4.98 Å². The minimum Gasteiger partial charge on any atom is -0.481 e. The molecule has 1 saturated heterocycles. The highest BCUT2D eigenvalue weighted by Crippen LogP contribution is 2.27. The molecule has 0 aliphatic carbocycles. The van der Waals surface area contributed by atoms with Crippen LogP contribution in [0.4, 0.5) is 5.82 Å². The molecule has 0 saturated carbocycles. The molecule has 1 N–H and O–H groups in total. The van der Waals surface area contributed by atoms with Crippen molar-refractivity contribution in [2.45, 2.75) is 23.8 Å². The van der Waals surface area contributed by atoms with E-state index in [1.54, 1.807) is 37.6 Å². The maximum Gasteiger partial charge on any atom is 0.245 e. The van der Waals surface area contributed by atoms with Crippen LogP contribution in [-0.4, -0.2) is 53.9 Å². The Kier molecular flexibility index (Phi) is 5.10. The molecule has 0 spiro atoms. The number of fused-ring (bicyclic) bond motifs is 1. The normalized spacial score (nSPS) is 16.2. The van der Waals surface area contributed by atoms with Crippen molar-refractivity contribution >= 4 is 26.7 Å². The number of methoxy groups -OCH3 is 1.